The molecule has 0 aliphatic carbocycles. The smallest absolute Gasteiger partial charge is 0.361 e. The fourth-order valence-electron chi connectivity index (χ4n) is 2.29. The lowest BCUT2D eigenvalue weighted by Crippen LogP contribution is -2.16. The van der Waals surface area contributed by atoms with Gasteiger partial charge < -0.3 is 9.30 Å². The molecule has 0 saturated heterocycles. The topological polar surface area (TPSA) is 38.0 Å². The minimum atomic E-state index is -4.69. The minimum absolute atomic E-state index is 0.110. The lowest BCUT2D eigenvalue weighted by Gasteiger charge is -2.15. The third-order valence-corrected chi connectivity index (χ3v) is 3.70. The molecule has 1 aromatic heterocycles. The number of alkyl halides is 3. The van der Waals surface area contributed by atoms with Gasteiger partial charge in [-0.05, 0) is 19.4 Å². The molecule has 0 saturated carbocycles. The van der Waals surface area contributed by atoms with E-state index in [1.165, 1.54) is 0 Å². The van der Waals surface area contributed by atoms with Gasteiger partial charge in [0.15, 0.2) is 0 Å². The standard InChI is InChI=1S/C16H14ClF3N2O/c1-3-23-9-22-14(11-6-4-10(2)5-7-11)12(8-21)13(17)15(22)16(18,19)20/h4-7H,3,9H2,1-2H3. The van der Waals surface area contributed by atoms with Crippen molar-refractivity contribution in [2.45, 2.75) is 26.8 Å². The van der Waals surface area contributed by atoms with Crippen molar-refractivity contribution in [2.24, 2.45) is 0 Å². The van der Waals surface area contributed by atoms with Crippen molar-refractivity contribution in [3.05, 3.63) is 46.1 Å². The molecule has 0 spiro atoms. The van der Waals surface area contributed by atoms with Crippen molar-refractivity contribution < 1.29 is 17.9 Å². The minimum Gasteiger partial charge on any atom is -0.361 e. The van der Waals surface area contributed by atoms with Crippen LogP contribution in [-0.4, -0.2) is 11.2 Å². The largest absolute Gasteiger partial charge is 0.433 e. The predicted octanol–water partition coefficient (Wildman–Crippen LogP) is 5.00. The van der Waals surface area contributed by atoms with Gasteiger partial charge in [0.1, 0.15) is 18.5 Å². The summed E-state index contributed by atoms with van der Waals surface area (Å²) in [7, 11) is 0. The fraction of sp³-hybridized carbons (Fsp3) is 0.312. The summed E-state index contributed by atoms with van der Waals surface area (Å²) in [5, 5.41) is 8.69. The van der Waals surface area contributed by atoms with Crippen LogP contribution in [0.15, 0.2) is 24.3 Å². The van der Waals surface area contributed by atoms with Crippen LogP contribution in [0.3, 0.4) is 0 Å². The average Bonchev–Trinajstić information content (AvgIpc) is 2.77. The Kier molecular flexibility index (Phi) is 5.03. The molecule has 1 heterocycles. The van der Waals surface area contributed by atoms with Crippen molar-refractivity contribution in [1.82, 2.24) is 4.57 Å². The molecule has 0 aliphatic heterocycles. The molecule has 2 rings (SSSR count). The van der Waals surface area contributed by atoms with Crippen LogP contribution in [0, 0.1) is 18.3 Å². The molecular formula is C16H14ClF3N2O. The third kappa shape index (κ3) is 3.36. The zero-order chi connectivity index (χ0) is 17.2. The van der Waals surface area contributed by atoms with Crippen LogP contribution in [0.1, 0.15) is 23.7 Å². The van der Waals surface area contributed by atoms with E-state index in [2.05, 4.69) is 0 Å². The first-order valence-corrected chi connectivity index (χ1v) is 7.23. The van der Waals surface area contributed by atoms with Crippen LogP contribution < -0.4 is 0 Å². The molecule has 0 amide bonds. The number of nitriles is 1. The van der Waals surface area contributed by atoms with Gasteiger partial charge in [0, 0.05) is 6.61 Å². The summed E-state index contributed by atoms with van der Waals surface area (Å²) in [6, 6.07) is 8.61. The molecule has 122 valence electrons. The number of aromatic nitrogens is 1. The molecule has 0 radical (unpaired) electrons. The summed E-state index contributed by atoms with van der Waals surface area (Å²) in [6.07, 6.45) is -4.69. The molecule has 0 bridgehead atoms. The van der Waals surface area contributed by atoms with Gasteiger partial charge in [-0.25, -0.2) is 0 Å². The van der Waals surface area contributed by atoms with Crippen LogP contribution in [-0.2, 0) is 17.6 Å². The number of nitrogens with zero attached hydrogens (tertiary/aromatic N) is 2. The van der Waals surface area contributed by atoms with Gasteiger partial charge in [0.25, 0.3) is 0 Å². The molecule has 0 fully saturated rings. The van der Waals surface area contributed by atoms with Crippen molar-refractivity contribution in [1.29, 1.82) is 5.26 Å². The third-order valence-electron chi connectivity index (χ3n) is 3.33. The number of aryl methyl sites for hydroxylation is 1. The second kappa shape index (κ2) is 6.65. The summed E-state index contributed by atoms with van der Waals surface area (Å²) < 4.78 is 46.2. The Labute approximate surface area is 136 Å². The zero-order valence-corrected chi connectivity index (χ0v) is 13.3. The van der Waals surface area contributed by atoms with Gasteiger partial charge in [0.2, 0.25) is 0 Å². The quantitative estimate of drug-likeness (QED) is 0.784. The van der Waals surface area contributed by atoms with Crippen LogP contribution in [0.5, 0.6) is 0 Å². The van der Waals surface area contributed by atoms with E-state index in [0.29, 0.717) is 5.56 Å². The monoisotopic (exact) mass is 342 g/mol. The fourth-order valence-corrected chi connectivity index (χ4v) is 2.63. The van der Waals surface area contributed by atoms with Crippen molar-refractivity contribution in [3.63, 3.8) is 0 Å². The van der Waals surface area contributed by atoms with Crippen LogP contribution in [0.4, 0.5) is 13.2 Å². The summed E-state index contributed by atoms with van der Waals surface area (Å²) in [5.74, 6) is 0. The molecule has 0 atom stereocenters. The number of hydrogen-bond acceptors (Lipinski definition) is 2. The Bertz CT molecular complexity index is 743. The van der Waals surface area contributed by atoms with E-state index in [4.69, 9.17) is 16.3 Å². The van der Waals surface area contributed by atoms with Crippen LogP contribution in [0.25, 0.3) is 11.3 Å². The number of halogens is 4. The highest BCUT2D eigenvalue weighted by Gasteiger charge is 2.41. The molecule has 0 N–H and O–H groups in total. The number of hydrogen-bond donors (Lipinski definition) is 0. The van der Waals surface area contributed by atoms with E-state index in [1.807, 2.05) is 6.92 Å². The maximum absolute atomic E-state index is 13.4. The Hall–Kier alpha value is -1.97. The van der Waals surface area contributed by atoms with Crippen molar-refractivity contribution in [3.8, 4) is 17.3 Å². The van der Waals surface area contributed by atoms with Crippen LogP contribution >= 0.6 is 11.6 Å². The number of rotatable bonds is 4. The van der Waals surface area contributed by atoms with Gasteiger partial charge in [0.05, 0.1) is 16.3 Å². The molecule has 0 unspecified atom stereocenters. The van der Waals surface area contributed by atoms with Crippen LogP contribution in [0.2, 0.25) is 5.02 Å². The highest BCUT2D eigenvalue weighted by Crippen LogP contribution is 2.43. The molecule has 23 heavy (non-hydrogen) atoms. The second-order valence-corrected chi connectivity index (χ2v) is 5.29. The van der Waals surface area contributed by atoms with E-state index in [-0.39, 0.29) is 24.6 Å². The highest BCUT2D eigenvalue weighted by molar-refractivity contribution is 6.33. The van der Waals surface area contributed by atoms with Crippen molar-refractivity contribution >= 4 is 11.6 Å². The average molecular weight is 343 g/mol. The normalized spacial score (nSPS) is 11.5. The zero-order valence-electron chi connectivity index (χ0n) is 12.5. The molecule has 0 aliphatic rings. The van der Waals surface area contributed by atoms with E-state index >= 15 is 0 Å². The summed E-state index contributed by atoms with van der Waals surface area (Å²) in [6.45, 7) is 3.44. The Morgan fingerprint density at radius 1 is 1.26 bits per heavy atom. The second-order valence-electron chi connectivity index (χ2n) is 4.91. The van der Waals surface area contributed by atoms with E-state index in [9.17, 15) is 18.4 Å². The Morgan fingerprint density at radius 2 is 1.87 bits per heavy atom. The van der Waals surface area contributed by atoms with Gasteiger partial charge in [-0.3, -0.25) is 0 Å². The Morgan fingerprint density at radius 3 is 2.35 bits per heavy atom. The first-order chi connectivity index (χ1) is 10.8. The molecule has 7 heteroatoms. The van der Waals surface area contributed by atoms with E-state index < -0.39 is 16.9 Å². The van der Waals surface area contributed by atoms with E-state index in [1.54, 1.807) is 37.3 Å². The van der Waals surface area contributed by atoms with Gasteiger partial charge in [-0.1, -0.05) is 41.4 Å². The summed E-state index contributed by atoms with van der Waals surface area (Å²) >= 11 is 5.86. The number of benzene rings is 1. The molecule has 2 aromatic rings. The summed E-state index contributed by atoms with van der Waals surface area (Å²) in [5.41, 5.74) is 0.266. The first kappa shape index (κ1) is 17.4. The number of ether oxygens (including phenoxy) is 1. The van der Waals surface area contributed by atoms with Gasteiger partial charge in [-0.15, -0.1) is 0 Å². The Balaban J connectivity index is 2.77. The highest BCUT2D eigenvalue weighted by atomic mass is 35.5. The predicted molar refractivity (Wildman–Crippen MR) is 81.0 cm³/mol. The summed E-state index contributed by atoms with van der Waals surface area (Å²) in [4.78, 5) is 0. The lowest BCUT2D eigenvalue weighted by atomic mass is 10.1. The molecule has 1 aromatic carbocycles. The maximum Gasteiger partial charge on any atom is 0.433 e. The first-order valence-electron chi connectivity index (χ1n) is 6.85. The van der Waals surface area contributed by atoms with E-state index in [0.717, 1.165) is 10.1 Å². The van der Waals surface area contributed by atoms with Crippen molar-refractivity contribution in [2.75, 3.05) is 6.61 Å². The SMILES string of the molecule is CCOCn1c(-c2ccc(C)cc2)c(C#N)c(Cl)c1C(F)(F)F. The van der Waals surface area contributed by atoms with Gasteiger partial charge >= 0.3 is 6.18 Å². The molecular weight excluding hydrogens is 329 g/mol. The maximum atomic E-state index is 13.4. The lowest BCUT2D eigenvalue weighted by molar-refractivity contribution is -0.145. The molecule has 3 nitrogen and oxygen atoms in total. The van der Waals surface area contributed by atoms with Gasteiger partial charge in [-0.2, -0.15) is 18.4 Å².